The molecular weight excluding hydrogens is 304 g/mol. The highest BCUT2D eigenvalue weighted by Crippen LogP contribution is 2.27. The Bertz CT molecular complexity index is 628. The molecule has 0 saturated heterocycles. The Kier molecular flexibility index (Phi) is 5.21. The maximum atomic E-state index is 12.0. The van der Waals surface area contributed by atoms with E-state index in [4.69, 9.17) is 11.6 Å². The monoisotopic (exact) mass is 322 g/mol. The van der Waals surface area contributed by atoms with Crippen LogP contribution in [-0.2, 0) is 6.54 Å². The van der Waals surface area contributed by atoms with E-state index in [1.165, 1.54) is 6.33 Å². The Labute approximate surface area is 134 Å². The number of carbonyl (C=O) groups is 1. The zero-order chi connectivity index (χ0) is 16.1. The van der Waals surface area contributed by atoms with E-state index in [2.05, 4.69) is 20.7 Å². The van der Waals surface area contributed by atoms with Gasteiger partial charge in [-0.15, -0.1) is 0 Å². The standard InChI is InChI=1S/C14H19ClN6O/c1-10(7-21-9-16-8-17-21)18-14(22)19-11-4-5-13(20(2)3)12(15)6-11/h4-6,8-10H,7H2,1-3H3,(H2,18,19,22). The van der Waals surface area contributed by atoms with Crippen LogP contribution in [0, 0.1) is 0 Å². The molecule has 2 rings (SSSR count). The fourth-order valence-corrected chi connectivity index (χ4v) is 2.34. The highest BCUT2D eigenvalue weighted by Gasteiger charge is 2.10. The molecule has 0 radical (unpaired) electrons. The van der Waals surface area contributed by atoms with Crippen LogP contribution < -0.4 is 15.5 Å². The minimum absolute atomic E-state index is 0.0850. The number of hydrogen-bond acceptors (Lipinski definition) is 4. The molecule has 7 nitrogen and oxygen atoms in total. The van der Waals surface area contributed by atoms with Crippen molar-refractivity contribution in [3.8, 4) is 0 Å². The van der Waals surface area contributed by atoms with Crippen molar-refractivity contribution in [3.05, 3.63) is 35.9 Å². The van der Waals surface area contributed by atoms with E-state index < -0.39 is 0 Å². The largest absolute Gasteiger partial charge is 0.376 e. The second-order valence-corrected chi connectivity index (χ2v) is 5.58. The quantitative estimate of drug-likeness (QED) is 0.885. The van der Waals surface area contributed by atoms with Gasteiger partial charge < -0.3 is 15.5 Å². The van der Waals surface area contributed by atoms with Crippen molar-refractivity contribution >= 4 is 29.0 Å². The van der Waals surface area contributed by atoms with Crippen molar-refractivity contribution in [1.82, 2.24) is 20.1 Å². The second kappa shape index (κ2) is 7.13. The molecule has 0 aliphatic carbocycles. The summed E-state index contributed by atoms with van der Waals surface area (Å²) in [5, 5.41) is 10.2. The van der Waals surface area contributed by atoms with E-state index in [1.54, 1.807) is 17.1 Å². The number of anilines is 2. The number of hydrogen-bond donors (Lipinski definition) is 2. The molecule has 0 fully saturated rings. The van der Waals surface area contributed by atoms with Crippen LogP contribution >= 0.6 is 11.6 Å². The van der Waals surface area contributed by atoms with Gasteiger partial charge in [0.1, 0.15) is 12.7 Å². The molecule has 2 N–H and O–H groups in total. The van der Waals surface area contributed by atoms with Gasteiger partial charge in [0, 0.05) is 25.8 Å². The fraction of sp³-hybridized carbons (Fsp3) is 0.357. The van der Waals surface area contributed by atoms with Crippen molar-refractivity contribution in [2.75, 3.05) is 24.3 Å². The molecule has 1 heterocycles. The van der Waals surface area contributed by atoms with E-state index in [0.29, 0.717) is 17.3 Å². The highest BCUT2D eigenvalue weighted by atomic mass is 35.5. The summed E-state index contributed by atoms with van der Waals surface area (Å²) in [5.41, 5.74) is 1.54. The summed E-state index contributed by atoms with van der Waals surface area (Å²) in [7, 11) is 3.82. The minimum atomic E-state index is -0.290. The van der Waals surface area contributed by atoms with Gasteiger partial charge in [-0.2, -0.15) is 5.10 Å². The third kappa shape index (κ3) is 4.36. The van der Waals surface area contributed by atoms with Gasteiger partial charge >= 0.3 is 6.03 Å². The average Bonchev–Trinajstić information content (AvgIpc) is 2.90. The molecule has 0 saturated carbocycles. The lowest BCUT2D eigenvalue weighted by atomic mass is 10.2. The normalized spacial score (nSPS) is 11.8. The fourth-order valence-electron chi connectivity index (χ4n) is 1.99. The number of rotatable bonds is 5. The van der Waals surface area contributed by atoms with Crippen molar-refractivity contribution in [1.29, 1.82) is 0 Å². The van der Waals surface area contributed by atoms with Gasteiger partial charge in [0.05, 0.1) is 17.3 Å². The number of urea groups is 1. The highest BCUT2D eigenvalue weighted by molar-refractivity contribution is 6.33. The predicted octanol–water partition coefficient (Wildman–Crippen LogP) is 2.21. The lowest BCUT2D eigenvalue weighted by molar-refractivity contribution is 0.247. The number of amides is 2. The number of benzene rings is 1. The Balaban J connectivity index is 1.90. The third-order valence-electron chi connectivity index (χ3n) is 2.99. The van der Waals surface area contributed by atoms with E-state index in [1.807, 2.05) is 38.1 Å². The molecule has 1 unspecified atom stereocenters. The SMILES string of the molecule is CC(Cn1cncn1)NC(=O)Nc1ccc(N(C)C)c(Cl)c1. The first-order valence-corrected chi connectivity index (χ1v) is 7.20. The van der Waals surface area contributed by atoms with Crippen LogP contribution in [0.25, 0.3) is 0 Å². The summed E-state index contributed by atoms with van der Waals surface area (Å²) < 4.78 is 1.66. The Morgan fingerprint density at radius 2 is 2.23 bits per heavy atom. The molecule has 1 aromatic heterocycles. The van der Waals surface area contributed by atoms with E-state index in [0.717, 1.165) is 5.69 Å². The predicted molar refractivity (Wildman–Crippen MR) is 87.4 cm³/mol. The average molecular weight is 323 g/mol. The van der Waals surface area contributed by atoms with Crippen LogP contribution in [0.3, 0.4) is 0 Å². The number of aromatic nitrogens is 3. The first kappa shape index (κ1) is 16.1. The topological polar surface area (TPSA) is 75.1 Å². The molecule has 0 bridgehead atoms. The molecular formula is C14H19ClN6O. The van der Waals surface area contributed by atoms with Crippen LogP contribution in [0.1, 0.15) is 6.92 Å². The zero-order valence-electron chi connectivity index (χ0n) is 12.7. The number of halogens is 1. The minimum Gasteiger partial charge on any atom is -0.376 e. The first-order valence-electron chi connectivity index (χ1n) is 6.82. The molecule has 2 amide bonds. The van der Waals surface area contributed by atoms with Crippen LogP contribution in [-0.4, -0.2) is 40.9 Å². The van der Waals surface area contributed by atoms with E-state index in [9.17, 15) is 4.79 Å². The molecule has 1 aromatic carbocycles. The van der Waals surface area contributed by atoms with E-state index >= 15 is 0 Å². The smallest absolute Gasteiger partial charge is 0.319 e. The summed E-state index contributed by atoms with van der Waals surface area (Å²) in [5.74, 6) is 0. The van der Waals surface area contributed by atoms with Gasteiger partial charge in [-0.3, -0.25) is 4.68 Å². The lowest BCUT2D eigenvalue weighted by Gasteiger charge is -2.17. The molecule has 0 spiro atoms. The summed E-state index contributed by atoms with van der Waals surface area (Å²) in [6.07, 6.45) is 3.07. The summed E-state index contributed by atoms with van der Waals surface area (Å²) in [6.45, 7) is 2.44. The van der Waals surface area contributed by atoms with Crippen LogP contribution in [0.15, 0.2) is 30.9 Å². The number of nitrogens with zero attached hydrogens (tertiary/aromatic N) is 4. The van der Waals surface area contributed by atoms with Gasteiger partial charge in [-0.05, 0) is 25.1 Å². The molecule has 8 heteroatoms. The van der Waals surface area contributed by atoms with Crippen molar-refractivity contribution in [3.63, 3.8) is 0 Å². The summed E-state index contributed by atoms with van der Waals surface area (Å²) in [4.78, 5) is 17.7. The maximum absolute atomic E-state index is 12.0. The number of carbonyl (C=O) groups excluding carboxylic acids is 1. The van der Waals surface area contributed by atoms with Gasteiger partial charge in [-0.1, -0.05) is 11.6 Å². The molecule has 22 heavy (non-hydrogen) atoms. The zero-order valence-corrected chi connectivity index (χ0v) is 13.5. The lowest BCUT2D eigenvalue weighted by Crippen LogP contribution is -2.38. The van der Waals surface area contributed by atoms with E-state index in [-0.39, 0.29) is 12.1 Å². The van der Waals surface area contributed by atoms with Gasteiger partial charge in [-0.25, -0.2) is 9.78 Å². The van der Waals surface area contributed by atoms with Crippen molar-refractivity contribution < 1.29 is 4.79 Å². The Morgan fingerprint density at radius 3 is 2.82 bits per heavy atom. The molecule has 2 aromatic rings. The molecule has 0 aliphatic heterocycles. The van der Waals surface area contributed by atoms with Crippen molar-refractivity contribution in [2.24, 2.45) is 0 Å². The van der Waals surface area contributed by atoms with Crippen molar-refractivity contribution in [2.45, 2.75) is 19.5 Å². The molecule has 1 atom stereocenters. The van der Waals surface area contributed by atoms with Crippen LogP contribution in [0.5, 0.6) is 0 Å². The third-order valence-corrected chi connectivity index (χ3v) is 3.30. The van der Waals surface area contributed by atoms with Gasteiger partial charge in [0.15, 0.2) is 0 Å². The Hall–Kier alpha value is -2.28. The Morgan fingerprint density at radius 1 is 1.45 bits per heavy atom. The number of nitrogens with one attached hydrogen (secondary N) is 2. The molecule has 0 aliphatic rings. The summed E-state index contributed by atoms with van der Waals surface area (Å²) in [6, 6.07) is 5.01. The van der Waals surface area contributed by atoms with Crippen LogP contribution in [0.4, 0.5) is 16.2 Å². The first-order chi connectivity index (χ1) is 10.5. The molecule has 118 valence electrons. The van der Waals surface area contributed by atoms with Gasteiger partial charge in [0.2, 0.25) is 0 Å². The second-order valence-electron chi connectivity index (χ2n) is 5.18. The van der Waals surface area contributed by atoms with Gasteiger partial charge in [0.25, 0.3) is 0 Å². The maximum Gasteiger partial charge on any atom is 0.319 e. The van der Waals surface area contributed by atoms with Crippen LogP contribution in [0.2, 0.25) is 5.02 Å². The summed E-state index contributed by atoms with van der Waals surface area (Å²) >= 11 is 6.18.